The van der Waals surface area contributed by atoms with Crippen molar-refractivity contribution in [2.45, 2.75) is 40.5 Å². The molecule has 126 valence electrons. The first kappa shape index (κ1) is 24.6. The Hall–Kier alpha value is -2.37. The van der Waals surface area contributed by atoms with Crippen LogP contribution >= 0.6 is 0 Å². The molecule has 6 nitrogen and oxygen atoms in total. The van der Waals surface area contributed by atoms with Crippen LogP contribution in [0.25, 0.3) is 0 Å². The minimum atomic E-state index is -0.935. The molecule has 0 aromatic carbocycles. The van der Waals surface area contributed by atoms with Gasteiger partial charge in [-0.2, -0.15) is 0 Å². The molecule has 22 heavy (non-hydrogen) atoms. The third-order valence-corrected chi connectivity index (χ3v) is 1.81. The Morgan fingerprint density at radius 2 is 1.18 bits per heavy atom. The maximum Gasteiger partial charge on any atom is 0.333 e. The molecule has 0 aliphatic rings. The van der Waals surface area contributed by atoms with Gasteiger partial charge in [0.2, 0.25) is 0 Å². The first-order valence-corrected chi connectivity index (χ1v) is 6.57. The molecule has 0 atom stereocenters. The Balaban J connectivity index is -0.000000261. The monoisotopic (exact) mass is 314 g/mol. The van der Waals surface area contributed by atoms with E-state index in [4.69, 9.17) is 14.9 Å². The van der Waals surface area contributed by atoms with E-state index in [2.05, 4.69) is 26.7 Å². The molecule has 0 aromatic heterocycles. The summed E-state index contributed by atoms with van der Waals surface area (Å²) in [6.45, 7) is 16.9. The maximum atomic E-state index is 10.7. The summed E-state index contributed by atoms with van der Waals surface area (Å²) in [7, 11) is 0. The van der Waals surface area contributed by atoms with Gasteiger partial charge in [0.25, 0.3) is 0 Å². The van der Waals surface area contributed by atoms with Gasteiger partial charge >= 0.3 is 17.9 Å². The van der Waals surface area contributed by atoms with E-state index in [1.807, 2.05) is 0 Å². The number of carbonyl (C=O) groups excluding carboxylic acids is 1. The van der Waals surface area contributed by atoms with Crippen LogP contribution in [0.2, 0.25) is 0 Å². The van der Waals surface area contributed by atoms with Crippen molar-refractivity contribution in [1.82, 2.24) is 0 Å². The van der Waals surface area contributed by atoms with Gasteiger partial charge in [0.15, 0.2) is 0 Å². The highest BCUT2D eigenvalue weighted by Gasteiger charge is 2.00. The molecule has 0 amide bonds. The lowest BCUT2D eigenvalue weighted by Gasteiger charge is -2.01. The van der Waals surface area contributed by atoms with Crippen molar-refractivity contribution < 1.29 is 29.3 Å². The number of carbonyl (C=O) groups is 3. The van der Waals surface area contributed by atoms with Gasteiger partial charge in [-0.25, -0.2) is 14.4 Å². The van der Waals surface area contributed by atoms with Gasteiger partial charge in [-0.3, -0.25) is 0 Å². The Morgan fingerprint density at radius 3 is 1.36 bits per heavy atom. The van der Waals surface area contributed by atoms with E-state index < -0.39 is 11.9 Å². The van der Waals surface area contributed by atoms with E-state index in [-0.39, 0.29) is 17.1 Å². The Kier molecular flexibility index (Phi) is 16.8. The average molecular weight is 314 g/mol. The fourth-order valence-corrected chi connectivity index (χ4v) is 0.432. The molecule has 0 saturated heterocycles. The zero-order valence-corrected chi connectivity index (χ0v) is 13.8. The van der Waals surface area contributed by atoms with E-state index in [9.17, 15) is 14.4 Å². The van der Waals surface area contributed by atoms with Crippen LogP contribution in [0.5, 0.6) is 0 Å². The van der Waals surface area contributed by atoms with E-state index in [0.29, 0.717) is 12.2 Å². The summed E-state index contributed by atoms with van der Waals surface area (Å²) in [5.74, 6) is -2.15. The molecule has 0 unspecified atom stereocenters. The molecular weight excluding hydrogens is 288 g/mol. The number of rotatable bonds is 6. The zero-order valence-electron chi connectivity index (χ0n) is 13.8. The topological polar surface area (TPSA) is 101 Å². The van der Waals surface area contributed by atoms with E-state index in [1.165, 1.54) is 13.8 Å². The second-order valence-corrected chi connectivity index (χ2v) is 4.44. The van der Waals surface area contributed by atoms with Gasteiger partial charge in [0.1, 0.15) is 0 Å². The summed E-state index contributed by atoms with van der Waals surface area (Å²) in [5, 5.41) is 15.8. The predicted octanol–water partition coefficient (Wildman–Crippen LogP) is 3.20. The second-order valence-electron chi connectivity index (χ2n) is 4.44. The number of ether oxygens (including phenoxy) is 1. The van der Waals surface area contributed by atoms with Crippen LogP contribution in [0.4, 0.5) is 0 Å². The smallest absolute Gasteiger partial charge is 0.333 e. The summed E-state index contributed by atoms with van der Waals surface area (Å²) in [6.07, 6.45) is 1.97. The zero-order chi connectivity index (χ0) is 18.3. The molecule has 0 saturated carbocycles. The van der Waals surface area contributed by atoms with Crippen molar-refractivity contribution in [3.63, 3.8) is 0 Å². The summed E-state index contributed by atoms with van der Waals surface area (Å²) < 4.78 is 4.81. The summed E-state index contributed by atoms with van der Waals surface area (Å²) in [5.41, 5.74) is 0.820. The van der Waals surface area contributed by atoms with Gasteiger partial charge in [-0.1, -0.05) is 33.1 Å². The molecule has 0 rings (SSSR count). The van der Waals surface area contributed by atoms with Crippen molar-refractivity contribution in [2.75, 3.05) is 6.61 Å². The minimum absolute atomic E-state index is 0.176. The highest BCUT2D eigenvalue weighted by molar-refractivity contribution is 5.87. The number of esters is 1. The molecule has 0 aromatic rings. The number of unbranched alkanes of at least 4 members (excludes halogenated alkanes) is 1. The average Bonchev–Trinajstić information content (AvgIpc) is 2.39. The van der Waals surface area contributed by atoms with Crippen molar-refractivity contribution in [3.8, 4) is 0 Å². The SMILES string of the molecule is C=C(C)C(=O)O.C=C(C)C(=O)O.C=C(C)C(=O)OCCCC. The highest BCUT2D eigenvalue weighted by Crippen LogP contribution is 1.94. The summed E-state index contributed by atoms with van der Waals surface area (Å²) in [4.78, 5) is 29.9. The van der Waals surface area contributed by atoms with E-state index in [1.54, 1.807) is 6.92 Å². The molecule has 6 heteroatoms. The molecular formula is C16H26O6. The van der Waals surface area contributed by atoms with Crippen molar-refractivity contribution in [3.05, 3.63) is 36.5 Å². The van der Waals surface area contributed by atoms with Crippen LogP contribution in [-0.2, 0) is 19.1 Å². The quantitative estimate of drug-likeness (QED) is 0.443. The van der Waals surface area contributed by atoms with Crippen LogP contribution in [0, 0.1) is 0 Å². The van der Waals surface area contributed by atoms with Crippen LogP contribution in [0.3, 0.4) is 0 Å². The van der Waals surface area contributed by atoms with E-state index in [0.717, 1.165) is 12.8 Å². The first-order valence-electron chi connectivity index (χ1n) is 6.57. The molecule has 0 aliphatic heterocycles. The Labute approximate surface area is 131 Å². The van der Waals surface area contributed by atoms with Gasteiger partial charge in [0, 0.05) is 16.7 Å². The molecule has 0 aliphatic carbocycles. The summed E-state index contributed by atoms with van der Waals surface area (Å²) >= 11 is 0. The number of hydrogen-bond acceptors (Lipinski definition) is 4. The van der Waals surface area contributed by atoms with Gasteiger partial charge in [0.05, 0.1) is 6.61 Å². The highest BCUT2D eigenvalue weighted by atomic mass is 16.5. The van der Waals surface area contributed by atoms with Gasteiger partial charge in [-0.05, 0) is 27.2 Å². The second kappa shape index (κ2) is 15.0. The van der Waals surface area contributed by atoms with Crippen LogP contribution in [0.1, 0.15) is 40.5 Å². The maximum absolute atomic E-state index is 10.7. The van der Waals surface area contributed by atoms with Crippen molar-refractivity contribution in [2.24, 2.45) is 0 Å². The number of aliphatic carboxylic acids is 2. The van der Waals surface area contributed by atoms with Crippen molar-refractivity contribution in [1.29, 1.82) is 0 Å². The normalized spacial score (nSPS) is 8.18. The molecule has 0 heterocycles. The molecule has 0 radical (unpaired) electrons. The minimum Gasteiger partial charge on any atom is -0.478 e. The largest absolute Gasteiger partial charge is 0.478 e. The molecule has 2 N–H and O–H groups in total. The van der Waals surface area contributed by atoms with Gasteiger partial charge in [-0.15, -0.1) is 0 Å². The molecule has 0 bridgehead atoms. The third-order valence-electron chi connectivity index (χ3n) is 1.81. The Morgan fingerprint density at radius 1 is 0.864 bits per heavy atom. The number of carboxylic acid groups (broad SMARTS) is 2. The number of carboxylic acids is 2. The van der Waals surface area contributed by atoms with Crippen LogP contribution in [-0.4, -0.2) is 34.7 Å². The number of hydrogen-bond donors (Lipinski definition) is 2. The standard InChI is InChI=1S/C8H14O2.2C4H6O2/c1-4-5-6-10-8(9)7(2)3;2*1-3(2)4(5)6/h2,4-6H2,1,3H3;2*1H2,2H3,(H,5,6). The lowest BCUT2D eigenvalue weighted by atomic mass is 10.3. The first-order chi connectivity index (χ1) is 9.97. The molecule has 0 fully saturated rings. The van der Waals surface area contributed by atoms with Crippen LogP contribution < -0.4 is 0 Å². The lowest BCUT2D eigenvalue weighted by Crippen LogP contribution is -2.05. The summed E-state index contributed by atoms with van der Waals surface area (Å²) in [6, 6.07) is 0. The fraction of sp³-hybridized carbons (Fsp3) is 0.438. The molecule has 0 spiro atoms. The van der Waals surface area contributed by atoms with Crippen LogP contribution in [0.15, 0.2) is 36.5 Å². The third kappa shape index (κ3) is 22.8. The van der Waals surface area contributed by atoms with Gasteiger partial charge < -0.3 is 14.9 Å². The fourth-order valence-electron chi connectivity index (χ4n) is 0.432. The van der Waals surface area contributed by atoms with E-state index >= 15 is 0 Å². The predicted molar refractivity (Wildman–Crippen MR) is 85.6 cm³/mol. The lowest BCUT2D eigenvalue weighted by molar-refractivity contribution is -0.139. The Bertz CT molecular complexity index is 372. The van der Waals surface area contributed by atoms with Crippen molar-refractivity contribution >= 4 is 17.9 Å².